The summed E-state index contributed by atoms with van der Waals surface area (Å²) in [4.78, 5) is 13.1. The van der Waals surface area contributed by atoms with Crippen molar-refractivity contribution in [3.63, 3.8) is 0 Å². The minimum Gasteiger partial charge on any atom is -0.478 e. The van der Waals surface area contributed by atoms with Gasteiger partial charge in [-0.15, -0.1) is 12.4 Å². The van der Waals surface area contributed by atoms with Gasteiger partial charge < -0.3 is 20.1 Å². The third-order valence-electron chi connectivity index (χ3n) is 5.94. The highest BCUT2D eigenvalue weighted by molar-refractivity contribution is 5.89. The number of morpholine rings is 1. The lowest BCUT2D eigenvalue weighted by Crippen LogP contribution is -2.47. The Hall–Kier alpha value is -2.81. The number of nitrogens with zero attached hydrogens (tertiary/aromatic N) is 1. The van der Waals surface area contributed by atoms with Gasteiger partial charge in [0.05, 0.1) is 23.8 Å². The fourth-order valence-electron chi connectivity index (χ4n) is 4.20. The van der Waals surface area contributed by atoms with E-state index in [0.717, 1.165) is 22.4 Å². The van der Waals surface area contributed by atoms with E-state index in [1.807, 2.05) is 18.2 Å². The second-order valence-corrected chi connectivity index (χ2v) is 8.21. The zero-order chi connectivity index (χ0) is 23.6. The van der Waals surface area contributed by atoms with Crippen molar-refractivity contribution in [2.24, 2.45) is 0 Å². The predicted molar refractivity (Wildman–Crippen MR) is 128 cm³/mol. The number of carboxylic acid groups (broad SMARTS) is 1. The fourth-order valence-corrected chi connectivity index (χ4v) is 4.20. The maximum Gasteiger partial charge on any atom is 0.416 e. The minimum absolute atomic E-state index is 0. The quantitative estimate of drug-likeness (QED) is 0.471. The molecule has 1 heterocycles. The van der Waals surface area contributed by atoms with Crippen LogP contribution in [0.5, 0.6) is 0 Å². The summed E-state index contributed by atoms with van der Waals surface area (Å²) in [6.07, 6.45) is -4.87. The van der Waals surface area contributed by atoms with Gasteiger partial charge in [0, 0.05) is 31.4 Å². The summed E-state index contributed by atoms with van der Waals surface area (Å²) < 4.78 is 45.7. The molecule has 2 N–H and O–H groups in total. The number of carboxylic acids is 1. The van der Waals surface area contributed by atoms with Gasteiger partial charge >= 0.3 is 12.1 Å². The average Bonchev–Trinajstić information content (AvgIpc) is 2.81. The molecule has 0 amide bonds. The van der Waals surface area contributed by atoms with Crippen LogP contribution in [0, 0.1) is 0 Å². The monoisotopic (exact) mass is 494 g/mol. The van der Waals surface area contributed by atoms with Gasteiger partial charge in [-0.2, -0.15) is 13.2 Å². The number of rotatable bonds is 6. The molecule has 1 aliphatic heterocycles. The summed E-state index contributed by atoms with van der Waals surface area (Å²) in [6.45, 7) is 3.65. The summed E-state index contributed by atoms with van der Waals surface area (Å²) in [6, 6.07) is 17.3. The molecule has 0 unspecified atom stereocenters. The van der Waals surface area contributed by atoms with Crippen molar-refractivity contribution in [1.29, 1.82) is 0 Å². The summed E-state index contributed by atoms with van der Waals surface area (Å²) in [5.74, 6) is -1.39. The van der Waals surface area contributed by atoms with E-state index in [1.165, 1.54) is 6.07 Å². The normalized spacial score (nSPS) is 17.3. The van der Waals surface area contributed by atoms with Crippen LogP contribution in [0.1, 0.15) is 34.5 Å². The van der Waals surface area contributed by atoms with Crippen LogP contribution in [0.3, 0.4) is 0 Å². The molecule has 9 heteroatoms. The lowest BCUT2D eigenvalue weighted by Gasteiger charge is -2.35. The lowest BCUT2D eigenvalue weighted by molar-refractivity contribution is -0.137. The number of ether oxygens (including phenoxy) is 1. The Balaban J connectivity index is 0.00000324. The number of aromatic carboxylic acids is 1. The average molecular weight is 495 g/mol. The summed E-state index contributed by atoms with van der Waals surface area (Å²) >= 11 is 0. The van der Waals surface area contributed by atoms with E-state index in [1.54, 1.807) is 4.90 Å². The second kappa shape index (κ2) is 10.6. The molecule has 0 bridgehead atoms. The molecule has 0 aromatic heterocycles. The molecule has 2 atom stereocenters. The number of halogens is 4. The van der Waals surface area contributed by atoms with Crippen molar-refractivity contribution < 1.29 is 27.8 Å². The second-order valence-electron chi connectivity index (χ2n) is 8.21. The molecule has 0 saturated carbocycles. The molecule has 0 radical (unpaired) electrons. The number of nitrogens with one attached hydrogen (secondary N) is 1. The molecule has 5 nitrogen and oxygen atoms in total. The van der Waals surface area contributed by atoms with Crippen molar-refractivity contribution in [2.45, 2.75) is 25.2 Å². The molecule has 182 valence electrons. The Bertz CT molecular complexity index is 1150. The molecule has 34 heavy (non-hydrogen) atoms. The number of hydrogen-bond donors (Lipinski definition) is 2. The smallest absolute Gasteiger partial charge is 0.416 e. The molecule has 3 aromatic carbocycles. The molecule has 3 aromatic rings. The Labute approximate surface area is 201 Å². The number of carbonyl (C=O) groups is 1. The molecule has 1 saturated heterocycles. The van der Waals surface area contributed by atoms with Crippen LogP contribution in [0.15, 0.2) is 60.7 Å². The van der Waals surface area contributed by atoms with Gasteiger partial charge in [0.2, 0.25) is 0 Å². The summed E-state index contributed by atoms with van der Waals surface area (Å²) in [5.41, 5.74) is 0.0380. The Morgan fingerprint density at radius 1 is 1.18 bits per heavy atom. The molecule has 0 aliphatic carbocycles. The summed E-state index contributed by atoms with van der Waals surface area (Å²) in [7, 11) is 0. The first kappa shape index (κ1) is 25.8. The van der Waals surface area contributed by atoms with Crippen LogP contribution >= 0.6 is 12.4 Å². The highest BCUT2D eigenvalue weighted by atomic mass is 35.5. The lowest BCUT2D eigenvalue weighted by atomic mass is 9.99. The molecule has 0 spiro atoms. The number of alkyl halides is 3. The topological polar surface area (TPSA) is 61.8 Å². The molecular formula is C25H26ClF3N2O3. The van der Waals surface area contributed by atoms with Crippen LogP contribution in [0.2, 0.25) is 0 Å². The first-order chi connectivity index (χ1) is 15.7. The predicted octanol–water partition coefficient (Wildman–Crippen LogP) is 5.53. The third kappa shape index (κ3) is 5.81. The molecular weight excluding hydrogens is 469 g/mol. The van der Waals surface area contributed by atoms with E-state index in [9.17, 15) is 23.1 Å². The minimum atomic E-state index is -4.62. The van der Waals surface area contributed by atoms with Crippen molar-refractivity contribution in [2.75, 3.05) is 31.1 Å². The first-order valence-corrected chi connectivity index (χ1v) is 10.8. The van der Waals surface area contributed by atoms with Crippen LogP contribution in [0.4, 0.5) is 18.9 Å². The SMILES string of the molecule is C[C@@H](NC[C@H]1CN(c2cc(C(=O)O)cc(C(F)(F)F)c2)CCO1)c1cccc2ccccc12.Cl. The third-order valence-corrected chi connectivity index (χ3v) is 5.94. The van der Waals surface area contributed by atoms with Gasteiger partial charge in [-0.1, -0.05) is 42.5 Å². The van der Waals surface area contributed by atoms with Crippen molar-refractivity contribution in [3.05, 3.63) is 77.4 Å². The standard InChI is InChI=1S/C25H25F3N2O3.ClH/c1-16(22-8-4-6-17-5-2-3-7-23(17)22)29-14-21-15-30(9-10-33-21)20-12-18(24(31)32)11-19(13-20)25(26,27)28;/h2-8,11-13,16,21,29H,9-10,14-15H2,1H3,(H,31,32);1H/t16-,21+;/m1./s1. The van der Waals surface area contributed by atoms with Crippen molar-refractivity contribution in [3.8, 4) is 0 Å². The maximum absolute atomic E-state index is 13.3. The Morgan fingerprint density at radius 2 is 1.91 bits per heavy atom. The fraction of sp³-hybridized carbons (Fsp3) is 0.320. The van der Waals surface area contributed by atoms with Crippen molar-refractivity contribution >= 4 is 34.8 Å². The van der Waals surface area contributed by atoms with Gasteiger partial charge in [-0.3, -0.25) is 0 Å². The zero-order valence-corrected chi connectivity index (χ0v) is 19.3. The Morgan fingerprint density at radius 3 is 2.65 bits per heavy atom. The number of fused-ring (bicyclic) bond motifs is 1. The van der Waals surface area contributed by atoms with E-state index in [4.69, 9.17) is 4.74 Å². The van der Waals surface area contributed by atoms with Gasteiger partial charge in [-0.25, -0.2) is 4.79 Å². The first-order valence-electron chi connectivity index (χ1n) is 10.8. The van der Waals surface area contributed by atoms with E-state index in [-0.39, 0.29) is 35.8 Å². The largest absolute Gasteiger partial charge is 0.478 e. The van der Waals surface area contributed by atoms with Crippen LogP contribution in [0.25, 0.3) is 10.8 Å². The van der Waals surface area contributed by atoms with Gasteiger partial charge in [0.15, 0.2) is 0 Å². The van der Waals surface area contributed by atoms with Crippen molar-refractivity contribution in [1.82, 2.24) is 5.32 Å². The van der Waals surface area contributed by atoms with E-state index >= 15 is 0 Å². The van der Waals surface area contributed by atoms with E-state index in [0.29, 0.717) is 32.3 Å². The molecule has 1 aliphatic rings. The highest BCUT2D eigenvalue weighted by Crippen LogP contribution is 2.33. The number of anilines is 1. The molecule has 1 fully saturated rings. The van der Waals surface area contributed by atoms with Crippen LogP contribution < -0.4 is 10.2 Å². The van der Waals surface area contributed by atoms with Crippen LogP contribution in [-0.2, 0) is 10.9 Å². The van der Waals surface area contributed by atoms with Gasteiger partial charge in [-0.05, 0) is 41.5 Å². The zero-order valence-electron chi connectivity index (χ0n) is 18.5. The Kier molecular flexibility index (Phi) is 8.07. The number of benzene rings is 3. The van der Waals surface area contributed by atoms with Crippen LogP contribution in [-0.4, -0.2) is 43.4 Å². The maximum atomic E-state index is 13.3. The number of hydrogen-bond acceptors (Lipinski definition) is 4. The van der Waals surface area contributed by atoms with Gasteiger partial charge in [0.25, 0.3) is 0 Å². The molecule has 4 rings (SSSR count). The highest BCUT2D eigenvalue weighted by Gasteiger charge is 2.33. The summed E-state index contributed by atoms with van der Waals surface area (Å²) in [5, 5.41) is 15.0. The van der Waals surface area contributed by atoms with E-state index < -0.39 is 17.7 Å². The van der Waals surface area contributed by atoms with Gasteiger partial charge in [0.1, 0.15) is 0 Å². The van der Waals surface area contributed by atoms with E-state index in [2.05, 4.69) is 36.5 Å².